The molecular weight excluding hydrogens is 312 g/mol. The lowest BCUT2D eigenvalue weighted by atomic mass is 9.68. The van der Waals surface area contributed by atoms with Gasteiger partial charge in [-0.1, -0.05) is 29.8 Å². The van der Waals surface area contributed by atoms with E-state index in [1.807, 2.05) is 12.1 Å². The molecule has 0 saturated heterocycles. The number of fused-ring (bicyclic) bond motifs is 7. The molecule has 2 fully saturated rings. The van der Waals surface area contributed by atoms with Gasteiger partial charge in [-0.25, -0.2) is 0 Å². The summed E-state index contributed by atoms with van der Waals surface area (Å²) in [5.74, 6) is 2.43. The van der Waals surface area contributed by atoms with Crippen LogP contribution in [-0.2, 0) is 0 Å². The maximum Gasteiger partial charge on any atom is 0.269 e. The Balaban J connectivity index is 1.64. The van der Waals surface area contributed by atoms with Crippen LogP contribution in [0.1, 0.15) is 47.9 Å². The zero-order valence-electron chi connectivity index (χ0n) is 14.3. The van der Waals surface area contributed by atoms with Gasteiger partial charge in [0, 0.05) is 17.8 Å². The third-order valence-corrected chi connectivity index (χ3v) is 6.68. The van der Waals surface area contributed by atoms with Gasteiger partial charge < -0.3 is 5.32 Å². The minimum Gasteiger partial charge on any atom is -0.378 e. The summed E-state index contributed by atoms with van der Waals surface area (Å²) in [6.07, 6.45) is 3.86. The zero-order valence-corrected chi connectivity index (χ0v) is 14.3. The predicted molar refractivity (Wildman–Crippen MR) is 97.7 cm³/mol. The fourth-order valence-corrected chi connectivity index (χ4v) is 5.78. The molecule has 0 spiro atoms. The van der Waals surface area contributed by atoms with Crippen LogP contribution < -0.4 is 5.32 Å². The summed E-state index contributed by atoms with van der Waals surface area (Å²) in [5, 5.41) is 15.0. The van der Waals surface area contributed by atoms with E-state index < -0.39 is 0 Å². The van der Waals surface area contributed by atoms with E-state index in [2.05, 4.69) is 36.5 Å². The van der Waals surface area contributed by atoms with E-state index in [4.69, 9.17) is 0 Å². The molecule has 1 N–H and O–H groups in total. The van der Waals surface area contributed by atoms with Crippen LogP contribution in [0, 0.1) is 34.8 Å². The van der Waals surface area contributed by atoms with Gasteiger partial charge in [-0.2, -0.15) is 0 Å². The van der Waals surface area contributed by atoms with Crippen LogP contribution in [-0.4, -0.2) is 4.92 Å². The number of aryl methyl sites for hydroxylation is 1. The lowest BCUT2D eigenvalue weighted by molar-refractivity contribution is -0.384. The minimum absolute atomic E-state index is 0.219. The molecule has 5 rings (SSSR count). The first kappa shape index (κ1) is 14.9. The SMILES string of the molecule is Cc1cccc([C@H]2Nc3ccc([N+](=O)[O-])cc3[C@H]3[C@H]4CC[C@H](C4)[C@@H]32)c1. The summed E-state index contributed by atoms with van der Waals surface area (Å²) < 4.78 is 0. The Morgan fingerprint density at radius 1 is 1.12 bits per heavy atom. The van der Waals surface area contributed by atoms with Gasteiger partial charge in [0.25, 0.3) is 5.69 Å². The van der Waals surface area contributed by atoms with Crippen LogP contribution in [0.3, 0.4) is 0 Å². The van der Waals surface area contributed by atoms with Gasteiger partial charge >= 0.3 is 0 Å². The molecule has 2 saturated carbocycles. The maximum absolute atomic E-state index is 11.2. The van der Waals surface area contributed by atoms with Crippen LogP contribution in [0.2, 0.25) is 0 Å². The number of anilines is 1. The van der Waals surface area contributed by atoms with E-state index >= 15 is 0 Å². The zero-order chi connectivity index (χ0) is 17.1. The molecule has 2 aromatic carbocycles. The van der Waals surface area contributed by atoms with Crippen LogP contribution >= 0.6 is 0 Å². The second kappa shape index (κ2) is 5.32. The first-order valence-electron chi connectivity index (χ1n) is 9.23. The molecule has 2 aliphatic carbocycles. The fourth-order valence-electron chi connectivity index (χ4n) is 5.78. The third kappa shape index (κ3) is 2.20. The van der Waals surface area contributed by atoms with Crippen LogP contribution in [0.25, 0.3) is 0 Å². The highest BCUT2D eigenvalue weighted by molar-refractivity contribution is 5.62. The van der Waals surface area contributed by atoms with Crippen LogP contribution in [0.15, 0.2) is 42.5 Å². The smallest absolute Gasteiger partial charge is 0.269 e. The van der Waals surface area contributed by atoms with Crippen molar-refractivity contribution in [1.29, 1.82) is 0 Å². The molecule has 2 aromatic rings. The highest BCUT2D eigenvalue weighted by Gasteiger charge is 2.54. The molecule has 0 aromatic heterocycles. The lowest BCUT2D eigenvalue weighted by Crippen LogP contribution is -2.35. The second-order valence-electron chi connectivity index (χ2n) is 8.00. The van der Waals surface area contributed by atoms with Crippen molar-refractivity contribution in [2.75, 3.05) is 5.32 Å². The lowest BCUT2D eigenvalue weighted by Gasteiger charge is -2.43. The molecule has 4 heteroatoms. The number of nitro benzene ring substituents is 1. The summed E-state index contributed by atoms with van der Waals surface area (Å²) in [5.41, 5.74) is 5.12. The number of hydrogen-bond donors (Lipinski definition) is 1. The second-order valence-corrected chi connectivity index (χ2v) is 8.00. The summed E-state index contributed by atoms with van der Waals surface area (Å²) in [7, 11) is 0. The number of nitrogens with one attached hydrogen (secondary N) is 1. The number of benzene rings is 2. The Bertz CT molecular complexity index is 863. The van der Waals surface area contributed by atoms with Gasteiger partial charge in [0.2, 0.25) is 0 Å². The molecule has 5 atom stereocenters. The molecule has 3 aliphatic rings. The Labute approximate surface area is 147 Å². The summed E-state index contributed by atoms with van der Waals surface area (Å²) in [6.45, 7) is 2.14. The normalized spacial score (nSPS) is 32.0. The Kier molecular flexibility index (Phi) is 3.18. The molecule has 0 unspecified atom stereocenters. The number of non-ortho nitro benzene ring substituents is 1. The van der Waals surface area contributed by atoms with E-state index in [9.17, 15) is 10.1 Å². The average Bonchev–Trinajstić information content (AvgIpc) is 3.22. The topological polar surface area (TPSA) is 55.2 Å². The van der Waals surface area contributed by atoms with Gasteiger partial charge in [0.1, 0.15) is 0 Å². The minimum atomic E-state index is -0.269. The van der Waals surface area contributed by atoms with Crippen molar-refractivity contribution in [3.8, 4) is 0 Å². The monoisotopic (exact) mass is 334 g/mol. The van der Waals surface area contributed by atoms with Crippen molar-refractivity contribution in [1.82, 2.24) is 0 Å². The highest BCUT2D eigenvalue weighted by atomic mass is 16.6. The van der Waals surface area contributed by atoms with E-state index in [0.717, 1.165) is 11.6 Å². The molecule has 0 amide bonds. The quantitative estimate of drug-likeness (QED) is 0.606. The van der Waals surface area contributed by atoms with Crippen molar-refractivity contribution in [3.05, 3.63) is 69.3 Å². The molecule has 25 heavy (non-hydrogen) atoms. The molecular formula is C21H22N2O2. The summed E-state index contributed by atoms with van der Waals surface area (Å²) in [6, 6.07) is 14.5. The highest BCUT2D eigenvalue weighted by Crippen LogP contribution is 2.63. The van der Waals surface area contributed by atoms with Crippen LogP contribution in [0.4, 0.5) is 11.4 Å². The van der Waals surface area contributed by atoms with Crippen molar-refractivity contribution >= 4 is 11.4 Å². The van der Waals surface area contributed by atoms with E-state index in [1.165, 1.54) is 36.0 Å². The Morgan fingerprint density at radius 2 is 1.96 bits per heavy atom. The molecule has 0 radical (unpaired) electrons. The Morgan fingerprint density at radius 3 is 2.76 bits per heavy atom. The van der Waals surface area contributed by atoms with Gasteiger partial charge in [0.15, 0.2) is 0 Å². The molecule has 4 nitrogen and oxygen atoms in total. The largest absolute Gasteiger partial charge is 0.378 e. The van der Waals surface area contributed by atoms with E-state index in [0.29, 0.717) is 23.8 Å². The number of nitro groups is 1. The van der Waals surface area contributed by atoms with E-state index in [-0.39, 0.29) is 10.6 Å². The van der Waals surface area contributed by atoms with Crippen LogP contribution in [0.5, 0.6) is 0 Å². The van der Waals surface area contributed by atoms with Gasteiger partial charge in [0.05, 0.1) is 11.0 Å². The predicted octanol–water partition coefficient (Wildman–Crippen LogP) is 5.20. The van der Waals surface area contributed by atoms with Crippen molar-refractivity contribution < 1.29 is 4.92 Å². The summed E-state index contributed by atoms with van der Waals surface area (Å²) in [4.78, 5) is 11.0. The summed E-state index contributed by atoms with van der Waals surface area (Å²) >= 11 is 0. The molecule has 2 bridgehead atoms. The molecule has 128 valence electrons. The third-order valence-electron chi connectivity index (χ3n) is 6.68. The number of rotatable bonds is 2. The van der Waals surface area contributed by atoms with Gasteiger partial charge in [-0.3, -0.25) is 10.1 Å². The first-order chi connectivity index (χ1) is 12.1. The maximum atomic E-state index is 11.2. The molecule has 1 heterocycles. The fraction of sp³-hybridized carbons (Fsp3) is 0.429. The van der Waals surface area contributed by atoms with Gasteiger partial charge in [-0.15, -0.1) is 0 Å². The Hall–Kier alpha value is -2.36. The number of hydrogen-bond acceptors (Lipinski definition) is 3. The van der Waals surface area contributed by atoms with Gasteiger partial charge in [-0.05, 0) is 67.1 Å². The standard InChI is InChI=1S/C21H22N2O2/c1-12-3-2-4-15(9-12)21-20-14-6-5-13(10-14)19(20)17-11-16(23(24)25)7-8-18(17)22-21/h2-4,7-9,11,13-14,19-22H,5-6,10H2,1H3/t13-,14+,19+,20-,21+/m0/s1. The van der Waals surface area contributed by atoms with E-state index in [1.54, 1.807) is 6.07 Å². The molecule has 1 aliphatic heterocycles. The average molecular weight is 334 g/mol. The first-order valence-corrected chi connectivity index (χ1v) is 9.23. The van der Waals surface area contributed by atoms with Crippen molar-refractivity contribution in [2.24, 2.45) is 17.8 Å². The van der Waals surface area contributed by atoms with Crippen molar-refractivity contribution in [2.45, 2.75) is 38.1 Å². The number of nitrogens with zero attached hydrogens (tertiary/aromatic N) is 1. The van der Waals surface area contributed by atoms with Crippen molar-refractivity contribution in [3.63, 3.8) is 0 Å².